The van der Waals surface area contributed by atoms with Crippen LogP contribution in [0.5, 0.6) is 5.75 Å². The number of halogens is 1. The summed E-state index contributed by atoms with van der Waals surface area (Å²) in [6.45, 7) is 0. The predicted molar refractivity (Wildman–Crippen MR) is 79.2 cm³/mol. The molecule has 5 heteroatoms. The van der Waals surface area contributed by atoms with E-state index in [1.165, 1.54) is 12.1 Å². The van der Waals surface area contributed by atoms with Crippen molar-refractivity contribution < 1.29 is 13.9 Å². The van der Waals surface area contributed by atoms with Gasteiger partial charge in [-0.2, -0.15) is 0 Å². The van der Waals surface area contributed by atoms with Gasteiger partial charge in [0, 0.05) is 16.6 Å². The highest BCUT2D eigenvalue weighted by atomic mass is 19.1. The number of nitrogens with one attached hydrogen (secondary N) is 2. The van der Waals surface area contributed by atoms with Gasteiger partial charge in [0.15, 0.2) is 0 Å². The van der Waals surface area contributed by atoms with E-state index in [2.05, 4.69) is 10.3 Å². The van der Waals surface area contributed by atoms with Crippen molar-refractivity contribution >= 4 is 22.5 Å². The molecule has 0 radical (unpaired) electrons. The fourth-order valence-corrected chi connectivity index (χ4v) is 2.11. The van der Waals surface area contributed by atoms with E-state index in [0.29, 0.717) is 28.0 Å². The molecule has 4 nitrogen and oxygen atoms in total. The Labute approximate surface area is 120 Å². The van der Waals surface area contributed by atoms with Crippen LogP contribution in [0.4, 0.5) is 10.1 Å². The zero-order valence-electron chi connectivity index (χ0n) is 11.3. The molecule has 0 aliphatic heterocycles. The van der Waals surface area contributed by atoms with Crippen LogP contribution in [0.1, 0.15) is 10.5 Å². The van der Waals surface area contributed by atoms with Crippen LogP contribution < -0.4 is 10.1 Å². The Morgan fingerprint density at radius 1 is 1.19 bits per heavy atom. The molecule has 1 aromatic heterocycles. The first-order chi connectivity index (χ1) is 10.2. The van der Waals surface area contributed by atoms with Gasteiger partial charge in [-0.15, -0.1) is 0 Å². The SMILES string of the molecule is COc1ccc(NC(=O)c2cc3c(F)cccc3[nH]2)cc1. The van der Waals surface area contributed by atoms with Gasteiger partial charge in [-0.3, -0.25) is 4.79 Å². The Bertz CT molecular complexity index is 794. The maximum absolute atomic E-state index is 13.6. The molecule has 1 heterocycles. The quantitative estimate of drug-likeness (QED) is 0.772. The van der Waals surface area contributed by atoms with Crippen LogP contribution in [-0.4, -0.2) is 18.0 Å². The number of hydrogen-bond donors (Lipinski definition) is 2. The minimum absolute atomic E-state index is 0.311. The lowest BCUT2D eigenvalue weighted by atomic mass is 10.2. The van der Waals surface area contributed by atoms with Crippen molar-refractivity contribution in [2.75, 3.05) is 12.4 Å². The summed E-state index contributed by atoms with van der Waals surface area (Å²) in [5, 5.41) is 3.14. The minimum Gasteiger partial charge on any atom is -0.497 e. The topological polar surface area (TPSA) is 54.1 Å². The number of aromatic nitrogens is 1. The van der Waals surface area contributed by atoms with E-state index in [9.17, 15) is 9.18 Å². The number of rotatable bonds is 3. The monoisotopic (exact) mass is 284 g/mol. The highest BCUT2D eigenvalue weighted by Gasteiger charge is 2.11. The van der Waals surface area contributed by atoms with Gasteiger partial charge in [0.25, 0.3) is 5.91 Å². The second kappa shape index (κ2) is 5.28. The number of ether oxygens (including phenoxy) is 1. The lowest BCUT2D eigenvalue weighted by Crippen LogP contribution is -2.12. The third-order valence-corrected chi connectivity index (χ3v) is 3.20. The summed E-state index contributed by atoms with van der Waals surface area (Å²) < 4.78 is 18.7. The van der Waals surface area contributed by atoms with Crippen molar-refractivity contribution in [1.29, 1.82) is 0 Å². The van der Waals surface area contributed by atoms with Gasteiger partial charge in [0.2, 0.25) is 0 Å². The first-order valence-corrected chi connectivity index (χ1v) is 6.40. The number of anilines is 1. The first kappa shape index (κ1) is 13.2. The zero-order valence-corrected chi connectivity index (χ0v) is 11.3. The third kappa shape index (κ3) is 2.58. The van der Waals surface area contributed by atoms with Crippen LogP contribution in [-0.2, 0) is 0 Å². The molecule has 0 fully saturated rings. The van der Waals surface area contributed by atoms with Crippen LogP contribution in [0.3, 0.4) is 0 Å². The Morgan fingerprint density at radius 2 is 1.95 bits per heavy atom. The molecule has 0 saturated carbocycles. The largest absolute Gasteiger partial charge is 0.497 e. The van der Waals surface area contributed by atoms with Crippen LogP contribution >= 0.6 is 0 Å². The summed E-state index contributed by atoms with van der Waals surface area (Å²) >= 11 is 0. The fourth-order valence-electron chi connectivity index (χ4n) is 2.11. The van der Waals surface area contributed by atoms with Gasteiger partial charge in [0.05, 0.1) is 7.11 Å². The number of methoxy groups -OCH3 is 1. The standard InChI is InChI=1S/C16H13FN2O2/c1-21-11-7-5-10(6-8-11)18-16(20)15-9-12-13(17)3-2-4-14(12)19-15/h2-9,19H,1H3,(H,18,20). The van der Waals surface area contributed by atoms with E-state index in [0.717, 1.165) is 0 Å². The number of carbonyl (C=O) groups is 1. The number of carbonyl (C=O) groups excluding carboxylic acids is 1. The minimum atomic E-state index is -0.354. The zero-order chi connectivity index (χ0) is 14.8. The highest BCUT2D eigenvalue weighted by molar-refractivity contribution is 6.06. The molecule has 0 aliphatic rings. The van der Waals surface area contributed by atoms with E-state index in [-0.39, 0.29) is 11.7 Å². The third-order valence-electron chi connectivity index (χ3n) is 3.20. The summed E-state index contributed by atoms with van der Waals surface area (Å²) in [6, 6.07) is 13.2. The molecule has 0 unspecified atom stereocenters. The molecule has 0 spiro atoms. The van der Waals surface area contributed by atoms with Crippen LogP contribution in [0.2, 0.25) is 0 Å². The lowest BCUT2D eigenvalue weighted by Gasteiger charge is -2.04. The second-order valence-electron chi connectivity index (χ2n) is 4.57. The molecule has 1 amide bonds. The molecule has 21 heavy (non-hydrogen) atoms. The molecule has 0 saturated heterocycles. The number of benzene rings is 2. The van der Waals surface area contributed by atoms with Gasteiger partial charge < -0.3 is 15.0 Å². The first-order valence-electron chi connectivity index (χ1n) is 6.40. The maximum atomic E-state index is 13.6. The second-order valence-corrected chi connectivity index (χ2v) is 4.57. The number of hydrogen-bond acceptors (Lipinski definition) is 2. The molecule has 3 aromatic rings. The van der Waals surface area contributed by atoms with Gasteiger partial charge >= 0.3 is 0 Å². The summed E-state index contributed by atoms with van der Waals surface area (Å²) in [7, 11) is 1.58. The lowest BCUT2D eigenvalue weighted by molar-refractivity contribution is 0.102. The van der Waals surface area contributed by atoms with Crippen molar-refractivity contribution in [2.24, 2.45) is 0 Å². The maximum Gasteiger partial charge on any atom is 0.272 e. The smallest absolute Gasteiger partial charge is 0.272 e. The summed E-state index contributed by atoms with van der Waals surface area (Å²) in [4.78, 5) is 15.1. The van der Waals surface area contributed by atoms with E-state index >= 15 is 0 Å². The molecule has 0 bridgehead atoms. The van der Waals surface area contributed by atoms with Gasteiger partial charge in [0.1, 0.15) is 17.3 Å². The van der Waals surface area contributed by atoms with E-state index < -0.39 is 0 Å². The van der Waals surface area contributed by atoms with Crippen molar-refractivity contribution in [3.8, 4) is 5.75 Å². The predicted octanol–water partition coefficient (Wildman–Crippen LogP) is 3.57. The highest BCUT2D eigenvalue weighted by Crippen LogP contribution is 2.20. The van der Waals surface area contributed by atoms with E-state index in [4.69, 9.17) is 4.74 Å². The number of aromatic amines is 1. The molecular weight excluding hydrogens is 271 g/mol. The van der Waals surface area contributed by atoms with Crippen LogP contribution in [0.25, 0.3) is 10.9 Å². The summed E-state index contributed by atoms with van der Waals surface area (Å²) in [5.74, 6) is 0.0312. The Balaban J connectivity index is 1.84. The van der Waals surface area contributed by atoms with Gasteiger partial charge in [-0.25, -0.2) is 4.39 Å². The Hall–Kier alpha value is -2.82. The summed E-state index contributed by atoms with van der Waals surface area (Å²) in [5.41, 5.74) is 1.54. The van der Waals surface area contributed by atoms with Crippen LogP contribution in [0, 0.1) is 5.82 Å². The molecule has 2 aromatic carbocycles. The van der Waals surface area contributed by atoms with Crippen LogP contribution in [0.15, 0.2) is 48.5 Å². The van der Waals surface area contributed by atoms with E-state index in [1.807, 2.05) is 0 Å². The van der Waals surface area contributed by atoms with E-state index in [1.54, 1.807) is 43.5 Å². The number of H-pyrrole nitrogens is 1. The molecular formula is C16H13FN2O2. The van der Waals surface area contributed by atoms with Crippen molar-refractivity contribution in [1.82, 2.24) is 4.98 Å². The fraction of sp³-hybridized carbons (Fsp3) is 0.0625. The molecule has 2 N–H and O–H groups in total. The Kier molecular flexibility index (Phi) is 3.31. The summed E-state index contributed by atoms with van der Waals surface area (Å²) in [6.07, 6.45) is 0. The molecule has 0 aliphatic carbocycles. The van der Waals surface area contributed by atoms with Crippen molar-refractivity contribution in [3.63, 3.8) is 0 Å². The average molecular weight is 284 g/mol. The Morgan fingerprint density at radius 3 is 2.62 bits per heavy atom. The molecule has 106 valence electrons. The van der Waals surface area contributed by atoms with Gasteiger partial charge in [-0.1, -0.05) is 6.07 Å². The van der Waals surface area contributed by atoms with Gasteiger partial charge in [-0.05, 0) is 42.5 Å². The van der Waals surface area contributed by atoms with Crippen molar-refractivity contribution in [2.45, 2.75) is 0 Å². The number of amides is 1. The van der Waals surface area contributed by atoms with Crippen molar-refractivity contribution in [3.05, 3.63) is 60.0 Å². The molecule has 0 atom stereocenters. The molecule has 3 rings (SSSR count). The normalized spacial score (nSPS) is 10.6. The average Bonchev–Trinajstić information content (AvgIpc) is 2.94. The number of fused-ring (bicyclic) bond motifs is 1.